The molecule has 0 radical (unpaired) electrons. The molecular weight excluding hydrogens is 214 g/mol. The summed E-state index contributed by atoms with van der Waals surface area (Å²) in [4.78, 5) is 0. The summed E-state index contributed by atoms with van der Waals surface area (Å²) in [6.07, 6.45) is 3.08. The van der Waals surface area contributed by atoms with Gasteiger partial charge in [-0.1, -0.05) is 0 Å². The molecule has 0 bridgehead atoms. The Morgan fingerprint density at radius 3 is 3.06 bits per heavy atom. The summed E-state index contributed by atoms with van der Waals surface area (Å²) in [5.74, 6) is 1.88. The summed E-state index contributed by atoms with van der Waals surface area (Å²) >= 11 is 0. The van der Waals surface area contributed by atoms with E-state index in [-0.39, 0.29) is 0 Å². The average Bonchev–Trinajstić information content (AvgIpc) is 2.94. The molecule has 0 aromatic carbocycles. The lowest BCUT2D eigenvalue weighted by Crippen LogP contribution is -2.05. The number of nitrogens with two attached hydrogens (primary N) is 1. The van der Waals surface area contributed by atoms with Crippen LogP contribution in [0.15, 0.2) is 16.5 Å². The van der Waals surface area contributed by atoms with E-state index >= 15 is 0 Å². The van der Waals surface area contributed by atoms with Gasteiger partial charge in [0.25, 0.3) is 0 Å². The quantitative estimate of drug-likeness (QED) is 0.877. The van der Waals surface area contributed by atoms with Crippen LogP contribution in [0.3, 0.4) is 0 Å². The highest BCUT2D eigenvalue weighted by Gasteiger charge is 2.23. The second kappa shape index (κ2) is 4.04. The van der Waals surface area contributed by atoms with Crippen LogP contribution in [0.5, 0.6) is 0 Å². The highest BCUT2D eigenvalue weighted by molar-refractivity contribution is 5.64. The number of nitrogens with zero attached hydrogens (tertiary/aromatic N) is 2. The summed E-state index contributed by atoms with van der Waals surface area (Å²) in [5, 5.41) is 4.64. The maximum atomic E-state index is 5.75. The number of fused-ring (bicyclic) bond motifs is 1. The monoisotopic (exact) mass is 231 g/mol. The second-order valence-corrected chi connectivity index (χ2v) is 4.54. The summed E-state index contributed by atoms with van der Waals surface area (Å²) in [6.45, 7) is 3.62. The van der Waals surface area contributed by atoms with Crippen molar-refractivity contribution in [3.63, 3.8) is 0 Å². The molecule has 2 N–H and O–H groups in total. The zero-order valence-corrected chi connectivity index (χ0v) is 10.1. The molecule has 0 spiro atoms. The van der Waals surface area contributed by atoms with Crippen LogP contribution >= 0.6 is 0 Å². The molecule has 0 fully saturated rings. The summed E-state index contributed by atoms with van der Waals surface area (Å²) < 4.78 is 7.86. The Bertz CT molecular complexity index is 539. The summed E-state index contributed by atoms with van der Waals surface area (Å²) in [6, 6.07) is 4.03. The molecule has 3 heterocycles. The van der Waals surface area contributed by atoms with Gasteiger partial charge < -0.3 is 10.2 Å². The minimum absolute atomic E-state index is 0.628. The average molecular weight is 231 g/mol. The van der Waals surface area contributed by atoms with Gasteiger partial charge in [-0.05, 0) is 38.4 Å². The van der Waals surface area contributed by atoms with Crippen molar-refractivity contribution < 1.29 is 4.42 Å². The van der Waals surface area contributed by atoms with Crippen LogP contribution in [0.2, 0.25) is 0 Å². The van der Waals surface area contributed by atoms with Crippen LogP contribution in [0.4, 0.5) is 0 Å². The zero-order valence-electron chi connectivity index (χ0n) is 10.1. The van der Waals surface area contributed by atoms with E-state index in [0.29, 0.717) is 6.54 Å². The van der Waals surface area contributed by atoms with Gasteiger partial charge in [-0.2, -0.15) is 5.10 Å². The fourth-order valence-electron chi connectivity index (χ4n) is 2.55. The molecule has 0 aliphatic carbocycles. The van der Waals surface area contributed by atoms with E-state index in [1.54, 1.807) is 0 Å². The minimum Gasteiger partial charge on any atom is -0.461 e. The summed E-state index contributed by atoms with van der Waals surface area (Å²) in [5.41, 5.74) is 9.22. The lowest BCUT2D eigenvalue weighted by Gasteiger charge is -2.00. The topological polar surface area (TPSA) is 57.0 Å². The van der Waals surface area contributed by atoms with Crippen molar-refractivity contribution in [3.8, 4) is 11.3 Å². The molecule has 0 saturated carbocycles. The number of hydrogen-bond donors (Lipinski definition) is 1. The van der Waals surface area contributed by atoms with Gasteiger partial charge in [-0.15, -0.1) is 0 Å². The third-order valence-electron chi connectivity index (χ3n) is 3.28. The molecule has 0 saturated heterocycles. The predicted octanol–water partition coefficient (Wildman–Crippen LogP) is 1.90. The number of aryl methyl sites for hydroxylation is 2. The van der Waals surface area contributed by atoms with Crippen LogP contribution in [-0.4, -0.2) is 16.3 Å². The van der Waals surface area contributed by atoms with Gasteiger partial charge in [0.2, 0.25) is 0 Å². The van der Waals surface area contributed by atoms with E-state index in [9.17, 15) is 0 Å². The molecule has 1 aliphatic heterocycles. The Kier molecular flexibility index (Phi) is 2.52. The molecule has 90 valence electrons. The van der Waals surface area contributed by atoms with Crippen LogP contribution in [-0.2, 0) is 19.4 Å². The Labute approximate surface area is 100 Å². The Morgan fingerprint density at radius 2 is 2.35 bits per heavy atom. The first-order valence-electron chi connectivity index (χ1n) is 6.15. The summed E-state index contributed by atoms with van der Waals surface area (Å²) in [7, 11) is 0. The van der Waals surface area contributed by atoms with Crippen molar-refractivity contribution in [3.05, 3.63) is 29.3 Å². The molecule has 0 amide bonds. The maximum absolute atomic E-state index is 5.75. The third kappa shape index (κ3) is 1.69. The van der Waals surface area contributed by atoms with Gasteiger partial charge in [0.1, 0.15) is 11.5 Å². The Hall–Kier alpha value is -1.55. The van der Waals surface area contributed by atoms with Gasteiger partial charge in [0, 0.05) is 18.7 Å². The zero-order chi connectivity index (χ0) is 11.8. The molecule has 4 nitrogen and oxygen atoms in total. The lowest BCUT2D eigenvalue weighted by molar-refractivity contribution is 0.547. The van der Waals surface area contributed by atoms with Gasteiger partial charge in [0.05, 0.1) is 11.3 Å². The smallest absolute Gasteiger partial charge is 0.137 e. The molecule has 2 aromatic heterocycles. The van der Waals surface area contributed by atoms with Crippen LogP contribution in [0.1, 0.15) is 23.6 Å². The standard InChI is InChI=1S/C13H17N3O/c1-9-4-5-12(17-9)13-10(6-7-14)15-16-8-2-3-11(13)16/h4-5H,2-3,6-8,14H2,1H3. The van der Waals surface area contributed by atoms with Gasteiger partial charge in [-0.3, -0.25) is 4.68 Å². The van der Waals surface area contributed by atoms with E-state index in [2.05, 4.69) is 9.78 Å². The van der Waals surface area contributed by atoms with Gasteiger partial charge in [-0.25, -0.2) is 0 Å². The number of aromatic nitrogens is 2. The van der Waals surface area contributed by atoms with E-state index in [1.807, 2.05) is 19.1 Å². The molecular formula is C13H17N3O. The van der Waals surface area contributed by atoms with Crippen molar-refractivity contribution in [2.45, 2.75) is 32.7 Å². The van der Waals surface area contributed by atoms with E-state index in [4.69, 9.17) is 10.2 Å². The first kappa shape index (κ1) is 10.6. The SMILES string of the molecule is Cc1ccc(-c2c(CCN)nn3c2CCC3)o1. The highest BCUT2D eigenvalue weighted by Crippen LogP contribution is 2.33. The fourth-order valence-corrected chi connectivity index (χ4v) is 2.55. The Morgan fingerprint density at radius 1 is 1.47 bits per heavy atom. The molecule has 2 aromatic rings. The molecule has 0 unspecified atom stereocenters. The molecule has 4 heteroatoms. The van der Waals surface area contributed by atoms with E-state index in [0.717, 1.165) is 36.6 Å². The molecule has 3 rings (SSSR count). The predicted molar refractivity (Wildman–Crippen MR) is 65.7 cm³/mol. The van der Waals surface area contributed by atoms with Crippen molar-refractivity contribution in [2.75, 3.05) is 6.54 Å². The largest absolute Gasteiger partial charge is 0.461 e. The van der Waals surface area contributed by atoms with E-state index in [1.165, 1.54) is 17.7 Å². The lowest BCUT2D eigenvalue weighted by atomic mass is 10.1. The van der Waals surface area contributed by atoms with Crippen LogP contribution < -0.4 is 5.73 Å². The van der Waals surface area contributed by atoms with Gasteiger partial charge >= 0.3 is 0 Å². The van der Waals surface area contributed by atoms with Crippen molar-refractivity contribution in [1.29, 1.82) is 0 Å². The fraction of sp³-hybridized carbons (Fsp3) is 0.462. The van der Waals surface area contributed by atoms with Crippen LogP contribution in [0, 0.1) is 6.92 Å². The second-order valence-electron chi connectivity index (χ2n) is 4.54. The highest BCUT2D eigenvalue weighted by atomic mass is 16.3. The molecule has 0 atom stereocenters. The first-order valence-corrected chi connectivity index (χ1v) is 6.15. The number of rotatable bonds is 3. The van der Waals surface area contributed by atoms with Crippen molar-refractivity contribution >= 4 is 0 Å². The van der Waals surface area contributed by atoms with Crippen molar-refractivity contribution in [2.24, 2.45) is 5.73 Å². The minimum atomic E-state index is 0.628. The maximum Gasteiger partial charge on any atom is 0.137 e. The van der Waals surface area contributed by atoms with Crippen molar-refractivity contribution in [1.82, 2.24) is 9.78 Å². The number of hydrogen-bond acceptors (Lipinski definition) is 3. The first-order chi connectivity index (χ1) is 8.29. The van der Waals surface area contributed by atoms with Crippen LogP contribution in [0.25, 0.3) is 11.3 Å². The third-order valence-corrected chi connectivity index (χ3v) is 3.28. The molecule has 1 aliphatic rings. The Balaban J connectivity index is 2.12. The van der Waals surface area contributed by atoms with E-state index < -0.39 is 0 Å². The van der Waals surface area contributed by atoms with Gasteiger partial charge in [0.15, 0.2) is 0 Å². The number of furan rings is 1. The molecule has 17 heavy (non-hydrogen) atoms. The normalized spacial score (nSPS) is 14.2.